The molecule has 2 heterocycles. The normalized spacial score (nSPS) is 13.9. The van der Waals surface area contributed by atoms with Gasteiger partial charge < -0.3 is 10.6 Å². The second-order valence-electron chi connectivity index (χ2n) is 7.45. The minimum Gasteiger partial charge on any atom is -0.348 e. The summed E-state index contributed by atoms with van der Waals surface area (Å²) in [5.74, 6) is -0.323. The second kappa shape index (κ2) is 9.69. The molecule has 2 aromatic carbocycles. The molecule has 0 spiro atoms. The van der Waals surface area contributed by atoms with E-state index in [0.29, 0.717) is 22.7 Å². The molecule has 1 aromatic heterocycles. The molecule has 3 aromatic rings. The summed E-state index contributed by atoms with van der Waals surface area (Å²) >= 11 is 1.38. The quantitative estimate of drug-likeness (QED) is 0.592. The molecule has 1 aliphatic rings. The van der Waals surface area contributed by atoms with Crippen LogP contribution in [0.15, 0.2) is 66.0 Å². The van der Waals surface area contributed by atoms with Gasteiger partial charge in [-0.25, -0.2) is 0 Å². The second-order valence-corrected chi connectivity index (χ2v) is 8.39. The van der Waals surface area contributed by atoms with E-state index in [1.54, 1.807) is 30.3 Å². The van der Waals surface area contributed by atoms with Crippen molar-refractivity contribution in [3.8, 4) is 0 Å². The van der Waals surface area contributed by atoms with Crippen molar-refractivity contribution in [1.29, 1.82) is 0 Å². The molecule has 1 fully saturated rings. The first-order chi connectivity index (χ1) is 14.7. The van der Waals surface area contributed by atoms with Gasteiger partial charge in [0.1, 0.15) is 0 Å². The first kappa shape index (κ1) is 20.3. The molecular weight excluding hydrogens is 394 g/mol. The van der Waals surface area contributed by atoms with Crippen LogP contribution in [0.5, 0.6) is 0 Å². The van der Waals surface area contributed by atoms with Gasteiger partial charge in [-0.3, -0.25) is 14.5 Å². The van der Waals surface area contributed by atoms with Crippen molar-refractivity contribution in [2.75, 3.05) is 18.4 Å². The summed E-state index contributed by atoms with van der Waals surface area (Å²) in [4.78, 5) is 28.0. The fraction of sp³-hybridized carbons (Fsp3) is 0.250. The minimum absolute atomic E-state index is 0.154. The van der Waals surface area contributed by atoms with E-state index in [-0.39, 0.29) is 11.8 Å². The minimum atomic E-state index is -0.168. The van der Waals surface area contributed by atoms with Gasteiger partial charge in [0.25, 0.3) is 11.8 Å². The van der Waals surface area contributed by atoms with E-state index in [2.05, 4.69) is 33.7 Å². The zero-order chi connectivity index (χ0) is 20.8. The Kier molecular flexibility index (Phi) is 6.57. The number of anilines is 1. The van der Waals surface area contributed by atoms with Crippen LogP contribution in [-0.4, -0.2) is 29.8 Å². The number of carbonyl (C=O) groups is 2. The van der Waals surface area contributed by atoms with Gasteiger partial charge in [0.2, 0.25) is 0 Å². The van der Waals surface area contributed by atoms with Crippen LogP contribution in [0.3, 0.4) is 0 Å². The van der Waals surface area contributed by atoms with Crippen molar-refractivity contribution in [2.45, 2.75) is 25.9 Å². The van der Waals surface area contributed by atoms with Crippen LogP contribution in [0.2, 0.25) is 0 Å². The van der Waals surface area contributed by atoms with Crippen molar-refractivity contribution < 1.29 is 9.59 Å². The molecular formula is C24H25N3O2S. The third-order valence-corrected chi connectivity index (χ3v) is 6.15. The van der Waals surface area contributed by atoms with E-state index in [1.165, 1.54) is 29.7 Å². The summed E-state index contributed by atoms with van der Waals surface area (Å²) in [7, 11) is 0. The summed E-state index contributed by atoms with van der Waals surface area (Å²) in [5, 5.41) is 7.73. The molecule has 0 bridgehead atoms. The predicted octanol–water partition coefficient (Wildman–Crippen LogP) is 4.53. The largest absolute Gasteiger partial charge is 0.348 e. The molecule has 5 nitrogen and oxygen atoms in total. The maximum absolute atomic E-state index is 12.7. The Labute approximate surface area is 180 Å². The lowest BCUT2D eigenvalue weighted by molar-refractivity contribution is 0.0949. The number of nitrogens with zero attached hydrogens (tertiary/aromatic N) is 1. The van der Waals surface area contributed by atoms with Gasteiger partial charge in [-0.05, 0) is 66.7 Å². The van der Waals surface area contributed by atoms with Crippen LogP contribution in [0.4, 0.5) is 5.69 Å². The zero-order valence-corrected chi connectivity index (χ0v) is 17.6. The highest BCUT2D eigenvalue weighted by atomic mass is 32.1. The molecule has 0 atom stereocenters. The molecule has 30 heavy (non-hydrogen) atoms. The van der Waals surface area contributed by atoms with Crippen LogP contribution < -0.4 is 10.6 Å². The Balaban J connectivity index is 1.38. The molecule has 1 saturated heterocycles. The Morgan fingerprint density at radius 1 is 0.900 bits per heavy atom. The summed E-state index contributed by atoms with van der Waals surface area (Å²) in [5.41, 5.74) is 3.53. The number of hydrogen-bond acceptors (Lipinski definition) is 4. The average molecular weight is 420 g/mol. The number of nitrogens with one attached hydrogen (secondary N) is 2. The van der Waals surface area contributed by atoms with E-state index in [1.807, 2.05) is 17.5 Å². The summed E-state index contributed by atoms with van der Waals surface area (Å²) in [6, 6.07) is 18.9. The SMILES string of the molecule is O=C(NCc1ccccc1CN1CCCC1)c1cccc(NC(=O)c2cccs2)c1. The fourth-order valence-corrected chi connectivity index (χ4v) is 4.30. The first-order valence-corrected chi connectivity index (χ1v) is 11.1. The predicted molar refractivity (Wildman–Crippen MR) is 121 cm³/mol. The molecule has 2 amide bonds. The molecule has 0 unspecified atom stereocenters. The Bertz CT molecular complexity index is 1010. The number of benzene rings is 2. The van der Waals surface area contributed by atoms with Crippen LogP contribution >= 0.6 is 11.3 Å². The van der Waals surface area contributed by atoms with E-state index >= 15 is 0 Å². The summed E-state index contributed by atoms with van der Waals surface area (Å²) in [6.45, 7) is 3.69. The zero-order valence-electron chi connectivity index (χ0n) is 16.8. The number of thiophene rings is 1. The lowest BCUT2D eigenvalue weighted by Gasteiger charge is -2.17. The molecule has 2 N–H and O–H groups in total. The van der Waals surface area contributed by atoms with Gasteiger partial charge in [0, 0.05) is 24.3 Å². The van der Waals surface area contributed by atoms with E-state index in [0.717, 1.165) is 25.2 Å². The van der Waals surface area contributed by atoms with Crippen LogP contribution in [-0.2, 0) is 13.1 Å². The molecule has 1 aliphatic heterocycles. The highest BCUT2D eigenvalue weighted by Gasteiger charge is 2.14. The number of likely N-dealkylation sites (tertiary alicyclic amines) is 1. The lowest BCUT2D eigenvalue weighted by atomic mass is 10.1. The van der Waals surface area contributed by atoms with Gasteiger partial charge in [0.15, 0.2) is 0 Å². The van der Waals surface area contributed by atoms with Gasteiger partial charge in [-0.2, -0.15) is 0 Å². The Hall–Kier alpha value is -2.96. The van der Waals surface area contributed by atoms with Crippen LogP contribution in [0.1, 0.15) is 44.0 Å². The smallest absolute Gasteiger partial charge is 0.265 e. The maximum Gasteiger partial charge on any atom is 0.265 e. The van der Waals surface area contributed by atoms with Crippen LogP contribution in [0.25, 0.3) is 0 Å². The van der Waals surface area contributed by atoms with Gasteiger partial charge in [-0.15, -0.1) is 11.3 Å². The molecule has 154 valence electrons. The highest BCUT2D eigenvalue weighted by Crippen LogP contribution is 2.17. The number of carbonyl (C=O) groups excluding carboxylic acids is 2. The molecule has 6 heteroatoms. The topological polar surface area (TPSA) is 61.4 Å². The van der Waals surface area contributed by atoms with Crippen molar-refractivity contribution in [2.24, 2.45) is 0 Å². The van der Waals surface area contributed by atoms with Crippen molar-refractivity contribution in [1.82, 2.24) is 10.2 Å². The first-order valence-electron chi connectivity index (χ1n) is 10.2. The van der Waals surface area contributed by atoms with E-state index in [9.17, 15) is 9.59 Å². The lowest BCUT2D eigenvalue weighted by Crippen LogP contribution is -2.25. The van der Waals surface area contributed by atoms with Gasteiger partial charge in [0.05, 0.1) is 4.88 Å². The highest BCUT2D eigenvalue weighted by molar-refractivity contribution is 7.12. The third kappa shape index (κ3) is 5.14. The average Bonchev–Trinajstić information content (AvgIpc) is 3.47. The van der Waals surface area contributed by atoms with E-state index < -0.39 is 0 Å². The maximum atomic E-state index is 12.7. The van der Waals surface area contributed by atoms with Crippen molar-refractivity contribution in [3.63, 3.8) is 0 Å². The van der Waals surface area contributed by atoms with Gasteiger partial charge in [-0.1, -0.05) is 36.4 Å². The molecule has 0 saturated carbocycles. The molecule has 4 rings (SSSR count). The number of hydrogen-bond donors (Lipinski definition) is 2. The standard InChI is InChI=1S/C24H25N3O2S/c28-23(18-9-5-10-21(15-18)26-24(29)22-11-6-14-30-22)25-16-19-7-1-2-8-20(19)17-27-12-3-4-13-27/h1-2,5-11,14-15H,3-4,12-13,16-17H2,(H,25,28)(H,26,29). The summed E-state index contributed by atoms with van der Waals surface area (Å²) < 4.78 is 0. The number of rotatable bonds is 7. The Morgan fingerprint density at radius 3 is 2.47 bits per heavy atom. The van der Waals surface area contributed by atoms with Crippen LogP contribution in [0, 0.1) is 0 Å². The fourth-order valence-electron chi connectivity index (χ4n) is 3.68. The molecule has 0 radical (unpaired) electrons. The molecule has 0 aliphatic carbocycles. The Morgan fingerprint density at radius 2 is 1.70 bits per heavy atom. The van der Waals surface area contributed by atoms with Crippen molar-refractivity contribution in [3.05, 3.63) is 87.6 Å². The van der Waals surface area contributed by atoms with E-state index in [4.69, 9.17) is 0 Å². The van der Waals surface area contributed by atoms with Crippen molar-refractivity contribution >= 4 is 28.8 Å². The monoisotopic (exact) mass is 419 g/mol. The summed E-state index contributed by atoms with van der Waals surface area (Å²) in [6.07, 6.45) is 2.52. The number of amides is 2. The van der Waals surface area contributed by atoms with Gasteiger partial charge >= 0.3 is 0 Å². The third-order valence-electron chi connectivity index (χ3n) is 5.28.